The van der Waals surface area contributed by atoms with Crippen LogP contribution in [0, 0.1) is 5.82 Å². The highest BCUT2D eigenvalue weighted by Gasteiger charge is 2.36. The van der Waals surface area contributed by atoms with E-state index in [-0.39, 0.29) is 11.6 Å². The second kappa shape index (κ2) is 2.31. The lowest BCUT2D eigenvalue weighted by molar-refractivity contribution is 0.0939. The van der Waals surface area contributed by atoms with Crippen molar-refractivity contribution in [1.29, 1.82) is 0 Å². The number of carbonyl (C=O) groups is 1. The van der Waals surface area contributed by atoms with E-state index in [1.165, 1.54) is 18.2 Å². The Bertz CT molecular complexity index is 385. The molecule has 0 atom stereocenters. The van der Waals surface area contributed by atoms with Crippen molar-refractivity contribution in [2.75, 3.05) is 5.32 Å². The Morgan fingerprint density at radius 2 is 2.08 bits per heavy atom. The van der Waals surface area contributed by atoms with Crippen LogP contribution in [-0.4, -0.2) is 11.3 Å². The van der Waals surface area contributed by atoms with E-state index in [0.29, 0.717) is 11.3 Å². The maximum absolute atomic E-state index is 12.8. The highest BCUT2D eigenvalue weighted by atomic mass is 19.1. The van der Waals surface area contributed by atoms with E-state index in [9.17, 15) is 9.18 Å². The molecule has 0 saturated heterocycles. The summed E-state index contributed by atoms with van der Waals surface area (Å²) in [7, 11) is 0. The van der Waals surface area contributed by atoms with Crippen molar-refractivity contribution in [2.45, 2.75) is 19.4 Å². The minimum absolute atomic E-state index is 0.0162. The first-order valence-electron chi connectivity index (χ1n) is 4.13. The van der Waals surface area contributed by atoms with Crippen LogP contribution in [0.2, 0.25) is 0 Å². The molecule has 1 aromatic rings. The van der Waals surface area contributed by atoms with Gasteiger partial charge in [-0.15, -0.1) is 0 Å². The van der Waals surface area contributed by atoms with Crippen molar-refractivity contribution in [3.05, 3.63) is 29.6 Å². The predicted molar refractivity (Wildman–Crippen MR) is 48.4 cm³/mol. The number of fused-ring (bicyclic) bond motifs is 1. The summed E-state index contributed by atoms with van der Waals surface area (Å²) in [6.45, 7) is 3.57. The standard InChI is InChI=1S/C10H10FNO/c1-10(2)9(13)7-4-3-6(11)5-8(7)12-10/h3-5,12H,1-2H3. The lowest BCUT2D eigenvalue weighted by Gasteiger charge is -2.15. The molecule has 0 spiro atoms. The van der Waals surface area contributed by atoms with Crippen molar-refractivity contribution in [3.63, 3.8) is 0 Å². The number of anilines is 1. The second-order valence-electron chi connectivity index (χ2n) is 3.77. The maximum Gasteiger partial charge on any atom is 0.189 e. The third-order valence-corrected chi connectivity index (χ3v) is 2.24. The third-order valence-electron chi connectivity index (χ3n) is 2.24. The average molecular weight is 179 g/mol. The van der Waals surface area contributed by atoms with Crippen molar-refractivity contribution in [2.24, 2.45) is 0 Å². The smallest absolute Gasteiger partial charge is 0.189 e. The zero-order chi connectivity index (χ0) is 9.64. The molecule has 2 nitrogen and oxygen atoms in total. The van der Waals surface area contributed by atoms with Gasteiger partial charge in [0.1, 0.15) is 5.82 Å². The van der Waals surface area contributed by atoms with Crippen LogP contribution in [0.4, 0.5) is 10.1 Å². The number of halogens is 1. The number of Topliss-reactive ketones (excluding diaryl/α,β-unsaturated/α-hetero) is 1. The molecule has 0 radical (unpaired) electrons. The van der Waals surface area contributed by atoms with E-state index >= 15 is 0 Å². The summed E-state index contributed by atoms with van der Waals surface area (Å²) in [5.74, 6) is -0.306. The molecular formula is C10H10FNO. The Kier molecular flexibility index (Phi) is 1.46. The van der Waals surface area contributed by atoms with Crippen LogP contribution in [0.25, 0.3) is 0 Å². The van der Waals surface area contributed by atoms with Crippen LogP contribution >= 0.6 is 0 Å². The summed E-state index contributed by atoms with van der Waals surface area (Å²) < 4.78 is 12.8. The Morgan fingerprint density at radius 3 is 2.77 bits per heavy atom. The number of nitrogens with one attached hydrogen (secondary N) is 1. The van der Waals surface area contributed by atoms with Crippen molar-refractivity contribution < 1.29 is 9.18 Å². The summed E-state index contributed by atoms with van der Waals surface area (Å²) in [5, 5.41) is 2.97. The molecule has 1 heterocycles. The molecule has 0 fully saturated rings. The molecule has 1 aliphatic rings. The van der Waals surface area contributed by atoms with E-state index in [2.05, 4.69) is 5.32 Å². The molecule has 1 aromatic carbocycles. The fourth-order valence-corrected chi connectivity index (χ4v) is 1.55. The number of benzene rings is 1. The molecule has 13 heavy (non-hydrogen) atoms. The summed E-state index contributed by atoms with van der Waals surface area (Å²) in [5.41, 5.74) is 0.567. The summed E-state index contributed by atoms with van der Waals surface area (Å²) in [6, 6.07) is 4.18. The van der Waals surface area contributed by atoms with E-state index in [4.69, 9.17) is 0 Å². The zero-order valence-corrected chi connectivity index (χ0v) is 7.52. The van der Waals surface area contributed by atoms with Gasteiger partial charge in [0.05, 0.1) is 5.54 Å². The monoisotopic (exact) mass is 179 g/mol. The number of carbonyl (C=O) groups excluding carboxylic acids is 1. The SMILES string of the molecule is CC1(C)Nc2cc(F)ccc2C1=O. The summed E-state index contributed by atoms with van der Waals surface area (Å²) in [6.07, 6.45) is 0. The van der Waals surface area contributed by atoms with Gasteiger partial charge in [0.15, 0.2) is 5.78 Å². The highest BCUT2D eigenvalue weighted by Crippen LogP contribution is 2.32. The molecular weight excluding hydrogens is 169 g/mol. The second-order valence-corrected chi connectivity index (χ2v) is 3.77. The van der Waals surface area contributed by atoms with Crippen LogP contribution < -0.4 is 5.32 Å². The van der Waals surface area contributed by atoms with E-state index < -0.39 is 5.54 Å². The zero-order valence-electron chi connectivity index (χ0n) is 7.52. The van der Waals surface area contributed by atoms with Crippen molar-refractivity contribution in [3.8, 4) is 0 Å². The van der Waals surface area contributed by atoms with Gasteiger partial charge in [-0.1, -0.05) is 0 Å². The molecule has 2 rings (SSSR count). The van der Waals surface area contributed by atoms with Gasteiger partial charge in [0.2, 0.25) is 0 Å². The lowest BCUT2D eigenvalue weighted by Crippen LogP contribution is -2.33. The van der Waals surface area contributed by atoms with Crippen LogP contribution in [0.1, 0.15) is 24.2 Å². The largest absolute Gasteiger partial charge is 0.372 e. The summed E-state index contributed by atoms with van der Waals surface area (Å²) in [4.78, 5) is 11.6. The Labute approximate surface area is 75.8 Å². The van der Waals surface area contributed by atoms with E-state index in [0.717, 1.165) is 0 Å². The molecule has 0 bridgehead atoms. The van der Waals surface area contributed by atoms with Crippen LogP contribution in [-0.2, 0) is 0 Å². The number of rotatable bonds is 0. The van der Waals surface area contributed by atoms with Gasteiger partial charge in [0, 0.05) is 11.3 Å². The molecule has 0 unspecified atom stereocenters. The normalized spacial score (nSPS) is 18.2. The van der Waals surface area contributed by atoms with Crippen molar-refractivity contribution in [1.82, 2.24) is 0 Å². The van der Waals surface area contributed by atoms with E-state index in [1.54, 1.807) is 13.8 Å². The van der Waals surface area contributed by atoms with Gasteiger partial charge in [0.25, 0.3) is 0 Å². The Hall–Kier alpha value is -1.38. The predicted octanol–water partition coefficient (Wildman–Crippen LogP) is 2.21. The Balaban J connectivity index is 2.57. The molecule has 68 valence electrons. The van der Waals surface area contributed by atoms with Crippen LogP contribution in [0.5, 0.6) is 0 Å². The van der Waals surface area contributed by atoms with Crippen molar-refractivity contribution >= 4 is 11.5 Å². The molecule has 0 amide bonds. The molecule has 1 N–H and O–H groups in total. The van der Waals surface area contributed by atoms with Crippen LogP contribution in [0.15, 0.2) is 18.2 Å². The topological polar surface area (TPSA) is 29.1 Å². The first-order valence-corrected chi connectivity index (χ1v) is 4.13. The molecule has 0 aromatic heterocycles. The maximum atomic E-state index is 12.8. The number of hydrogen-bond acceptors (Lipinski definition) is 2. The fraction of sp³-hybridized carbons (Fsp3) is 0.300. The van der Waals surface area contributed by atoms with E-state index in [1.807, 2.05) is 0 Å². The first-order chi connectivity index (χ1) is 6.00. The molecule has 0 saturated carbocycles. The van der Waals surface area contributed by atoms with Gasteiger partial charge in [-0.2, -0.15) is 0 Å². The molecule has 3 heteroatoms. The van der Waals surface area contributed by atoms with Gasteiger partial charge in [-0.25, -0.2) is 4.39 Å². The quantitative estimate of drug-likeness (QED) is 0.661. The number of ketones is 1. The molecule has 1 aliphatic heterocycles. The van der Waals surface area contributed by atoms with Gasteiger partial charge in [-0.3, -0.25) is 4.79 Å². The van der Waals surface area contributed by atoms with Gasteiger partial charge < -0.3 is 5.32 Å². The minimum Gasteiger partial charge on any atom is -0.372 e. The third kappa shape index (κ3) is 1.11. The number of hydrogen-bond donors (Lipinski definition) is 1. The minimum atomic E-state index is -0.601. The average Bonchev–Trinajstić information content (AvgIpc) is 2.22. The fourth-order valence-electron chi connectivity index (χ4n) is 1.55. The summed E-state index contributed by atoms with van der Waals surface area (Å²) >= 11 is 0. The van der Waals surface area contributed by atoms with Gasteiger partial charge in [-0.05, 0) is 32.0 Å². The first kappa shape index (κ1) is 8.23. The lowest BCUT2D eigenvalue weighted by atomic mass is 9.99. The Morgan fingerprint density at radius 1 is 1.38 bits per heavy atom. The molecule has 0 aliphatic carbocycles. The van der Waals surface area contributed by atoms with Crippen LogP contribution in [0.3, 0.4) is 0 Å². The highest BCUT2D eigenvalue weighted by molar-refractivity contribution is 6.12. The van der Waals surface area contributed by atoms with Gasteiger partial charge >= 0.3 is 0 Å².